The van der Waals surface area contributed by atoms with E-state index in [4.69, 9.17) is 4.74 Å². The SMILES string of the molecule is CCC(=O)OC1c2cccc3cccc(c23)C1NS(=O)(=O)c1ccc(C)cc1. The molecule has 2 unspecified atom stereocenters. The van der Waals surface area contributed by atoms with Crippen molar-refractivity contribution >= 4 is 26.8 Å². The van der Waals surface area contributed by atoms with E-state index in [0.29, 0.717) is 0 Å². The number of esters is 1. The number of sulfonamides is 1. The van der Waals surface area contributed by atoms with E-state index >= 15 is 0 Å². The van der Waals surface area contributed by atoms with Gasteiger partial charge in [-0.05, 0) is 35.4 Å². The van der Waals surface area contributed by atoms with Crippen LogP contribution in [0.3, 0.4) is 0 Å². The zero-order valence-electron chi connectivity index (χ0n) is 15.7. The third-order valence-electron chi connectivity index (χ3n) is 5.07. The molecule has 5 nitrogen and oxygen atoms in total. The Morgan fingerprint density at radius 2 is 1.64 bits per heavy atom. The first-order chi connectivity index (χ1) is 13.4. The predicted octanol–water partition coefficient (Wildman–Crippen LogP) is 4.18. The molecule has 3 aromatic carbocycles. The molecule has 0 radical (unpaired) electrons. The number of rotatable bonds is 5. The Bertz CT molecular complexity index is 1150. The van der Waals surface area contributed by atoms with Gasteiger partial charge in [-0.2, -0.15) is 4.72 Å². The third kappa shape index (κ3) is 3.19. The maximum atomic E-state index is 13.0. The van der Waals surface area contributed by atoms with Crippen LogP contribution in [-0.2, 0) is 19.6 Å². The van der Waals surface area contributed by atoms with Crippen LogP contribution in [0.1, 0.15) is 42.2 Å². The quantitative estimate of drug-likeness (QED) is 0.658. The smallest absolute Gasteiger partial charge is 0.306 e. The van der Waals surface area contributed by atoms with Crippen molar-refractivity contribution in [1.82, 2.24) is 4.72 Å². The Labute approximate surface area is 164 Å². The number of aryl methyl sites for hydroxylation is 1. The maximum Gasteiger partial charge on any atom is 0.306 e. The molecule has 0 fully saturated rings. The molecule has 0 spiro atoms. The van der Waals surface area contributed by atoms with Crippen molar-refractivity contribution in [2.75, 3.05) is 0 Å². The first kappa shape index (κ1) is 18.7. The molecule has 1 N–H and O–H groups in total. The fourth-order valence-electron chi connectivity index (χ4n) is 3.67. The van der Waals surface area contributed by atoms with Crippen LogP contribution >= 0.6 is 0 Å². The second-order valence-corrected chi connectivity index (χ2v) is 8.68. The number of ether oxygens (including phenoxy) is 1. The molecule has 0 heterocycles. The maximum absolute atomic E-state index is 13.0. The van der Waals surface area contributed by atoms with Gasteiger partial charge in [-0.15, -0.1) is 0 Å². The average Bonchev–Trinajstić information content (AvgIpc) is 2.97. The highest BCUT2D eigenvalue weighted by atomic mass is 32.2. The van der Waals surface area contributed by atoms with Crippen molar-refractivity contribution in [3.63, 3.8) is 0 Å². The van der Waals surface area contributed by atoms with Gasteiger partial charge < -0.3 is 4.74 Å². The molecule has 0 bridgehead atoms. The van der Waals surface area contributed by atoms with Crippen molar-refractivity contribution in [3.8, 4) is 0 Å². The topological polar surface area (TPSA) is 72.5 Å². The largest absolute Gasteiger partial charge is 0.455 e. The second kappa shape index (κ2) is 7.04. The molecular weight excluding hydrogens is 374 g/mol. The molecule has 144 valence electrons. The van der Waals surface area contributed by atoms with Crippen LogP contribution in [0, 0.1) is 6.92 Å². The van der Waals surface area contributed by atoms with Crippen LogP contribution < -0.4 is 4.72 Å². The van der Waals surface area contributed by atoms with E-state index in [1.165, 1.54) is 0 Å². The van der Waals surface area contributed by atoms with Gasteiger partial charge in [0.2, 0.25) is 10.0 Å². The Balaban J connectivity index is 1.79. The van der Waals surface area contributed by atoms with Gasteiger partial charge in [-0.25, -0.2) is 8.42 Å². The summed E-state index contributed by atoms with van der Waals surface area (Å²) < 4.78 is 34.5. The minimum atomic E-state index is -3.79. The normalized spacial score (nSPS) is 18.4. The summed E-state index contributed by atoms with van der Waals surface area (Å²) in [6, 6.07) is 17.5. The molecule has 4 rings (SSSR count). The van der Waals surface area contributed by atoms with E-state index in [0.717, 1.165) is 27.5 Å². The van der Waals surface area contributed by atoms with Gasteiger partial charge in [-0.1, -0.05) is 61.0 Å². The predicted molar refractivity (Wildman–Crippen MR) is 107 cm³/mol. The summed E-state index contributed by atoms with van der Waals surface area (Å²) in [6.45, 7) is 3.62. The van der Waals surface area contributed by atoms with E-state index in [1.54, 1.807) is 31.2 Å². The van der Waals surface area contributed by atoms with Crippen molar-refractivity contribution in [3.05, 3.63) is 77.4 Å². The molecule has 28 heavy (non-hydrogen) atoms. The highest BCUT2D eigenvalue weighted by Gasteiger charge is 2.39. The van der Waals surface area contributed by atoms with Gasteiger partial charge >= 0.3 is 5.97 Å². The van der Waals surface area contributed by atoms with Crippen LogP contribution in [0.2, 0.25) is 0 Å². The third-order valence-corrected chi connectivity index (χ3v) is 6.53. The monoisotopic (exact) mass is 395 g/mol. The summed E-state index contributed by atoms with van der Waals surface area (Å²) in [5, 5.41) is 1.93. The number of nitrogens with one attached hydrogen (secondary N) is 1. The van der Waals surface area contributed by atoms with Crippen molar-refractivity contribution < 1.29 is 17.9 Å². The van der Waals surface area contributed by atoms with Crippen LogP contribution in [0.15, 0.2) is 65.6 Å². The Kier molecular flexibility index (Phi) is 4.69. The van der Waals surface area contributed by atoms with Gasteiger partial charge in [-0.3, -0.25) is 4.79 Å². The standard InChI is InChI=1S/C22H21NO4S/c1-3-19(24)27-22-18-9-5-7-15-6-4-8-17(20(15)18)21(22)23-28(25,26)16-12-10-14(2)11-13-16/h4-13,21-23H,3H2,1-2H3. The Morgan fingerprint density at radius 3 is 2.29 bits per heavy atom. The van der Waals surface area contributed by atoms with Gasteiger partial charge in [0.15, 0.2) is 0 Å². The van der Waals surface area contributed by atoms with Crippen LogP contribution in [-0.4, -0.2) is 14.4 Å². The molecule has 0 aliphatic heterocycles. The first-order valence-corrected chi connectivity index (χ1v) is 10.7. The highest BCUT2D eigenvalue weighted by molar-refractivity contribution is 7.89. The lowest BCUT2D eigenvalue weighted by atomic mass is 10.1. The summed E-state index contributed by atoms with van der Waals surface area (Å²) >= 11 is 0. The molecule has 1 aliphatic carbocycles. The van der Waals surface area contributed by atoms with Crippen LogP contribution in [0.25, 0.3) is 10.8 Å². The highest BCUT2D eigenvalue weighted by Crippen LogP contribution is 2.46. The van der Waals surface area contributed by atoms with E-state index < -0.39 is 22.2 Å². The fourth-order valence-corrected chi connectivity index (χ4v) is 4.89. The van der Waals surface area contributed by atoms with Gasteiger partial charge in [0, 0.05) is 12.0 Å². The first-order valence-electron chi connectivity index (χ1n) is 9.20. The van der Waals surface area contributed by atoms with E-state index in [-0.39, 0.29) is 17.3 Å². The molecule has 6 heteroatoms. The van der Waals surface area contributed by atoms with Crippen molar-refractivity contribution in [2.24, 2.45) is 0 Å². The summed E-state index contributed by atoms with van der Waals surface area (Å²) in [5.41, 5.74) is 2.62. The molecule has 3 aromatic rings. The fraction of sp³-hybridized carbons (Fsp3) is 0.227. The Hall–Kier alpha value is -2.70. The zero-order valence-corrected chi connectivity index (χ0v) is 16.5. The second-order valence-electron chi connectivity index (χ2n) is 6.97. The van der Waals surface area contributed by atoms with Crippen LogP contribution in [0.4, 0.5) is 0 Å². The molecule has 0 saturated heterocycles. The number of benzene rings is 3. The van der Waals surface area contributed by atoms with Gasteiger partial charge in [0.1, 0.15) is 6.10 Å². The van der Waals surface area contributed by atoms with Gasteiger partial charge in [0.05, 0.1) is 10.9 Å². The average molecular weight is 395 g/mol. The van der Waals surface area contributed by atoms with E-state index in [2.05, 4.69) is 4.72 Å². The minimum Gasteiger partial charge on any atom is -0.455 e. The minimum absolute atomic E-state index is 0.182. The van der Waals surface area contributed by atoms with E-state index in [1.807, 2.05) is 43.3 Å². The number of carbonyl (C=O) groups is 1. The lowest BCUT2D eigenvalue weighted by Gasteiger charge is -2.23. The molecule has 0 saturated carbocycles. The summed E-state index contributed by atoms with van der Waals surface area (Å²) in [7, 11) is -3.79. The summed E-state index contributed by atoms with van der Waals surface area (Å²) in [5.74, 6) is -0.366. The summed E-state index contributed by atoms with van der Waals surface area (Å²) in [6.07, 6.45) is -0.478. The van der Waals surface area contributed by atoms with Gasteiger partial charge in [0.25, 0.3) is 0 Å². The number of hydrogen-bond donors (Lipinski definition) is 1. The number of hydrogen-bond acceptors (Lipinski definition) is 4. The van der Waals surface area contributed by atoms with E-state index in [9.17, 15) is 13.2 Å². The molecule has 2 atom stereocenters. The molecule has 0 amide bonds. The zero-order chi connectivity index (χ0) is 19.9. The van der Waals surface area contributed by atoms with Crippen molar-refractivity contribution in [1.29, 1.82) is 0 Å². The Morgan fingerprint density at radius 1 is 1.00 bits per heavy atom. The summed E-state index contributed by atoms with van der Waals surface area (Å²) in [4.78, 5) is 12.2. The van der Waals surface area contributed by atoms with Crippen LogP contribution in [0.5, 0.6) is 0 Å². The van der Waals surface area contributed by atoms with Crippen molar-refractivity contribution in [2.45, 2.75) is 37.3 Å². The molecular formula is C22H21NO4S. The lowest BCUT2D eigenvalue weighted by Crippen LogP contribution is -2.32. The molecule has 1 aliphatic rings. The lowest BCUT2D eigenvalue weighted by molar-refractivity contribution is -0.150. The number of carbonyl (C=O) groups excluding carboxylic acids is 1. The molecule has 0 aromatic heterocycles.